The number of hydrogen-bond acceptors (Lipinski definition) is 4. The highest BCUT2D eigenvalue weighted by atomic mass is 16.5. The average molecular weight is 393 g/mol. The zero-order valence-corrected chi connectivity index (χ0v) is 17.7. The first-order valence-corrected chi connectivity index (χ1v) is 11.5. The van der Waals surface area contributed by atoms with Crippen LogP contribution in [0.5, 0.6) is 0 Å². The minimum absolute atomic E-state index is 0.199. The summed E-state index contributed by atoms with van der Waals surface area (Å²) in [7, 11) is 0. The zero-order chi connectivity index (χ0) is 20.1. The monoisotopic (exact) mass is 392 g/mol. The number of rotatable bonds is 0. The van der Waals surface area contributed by atoms with Crippen molar-refractivity contribution in [3.05, 3.63) is 24.3 Å². The Morgan fingerprint density at radius 1 is 0.464 bits per heavy atom. The predicted molar refractivity (Wildman–Crippen MR) is 114 cm³/mol. The van der Waals surface area contributed by atoms with Gasteiger partial charge in [-0.15, -0.1) is 0 Å². The molecule has 0 N–H and O–H groups in total. The second kappa shape index (κ2) is 18.8. The summed E-state index contributed by atoms with van der Waals surface area (Å²) < 4.78 is 10.5. The second-order valence-electron chi connectivity index (χ2n) is 7.67. The van der Waals surface area contributed by atoms with Gasteiger partial charge in [0.2, 0.25) is 0 Å². The Bertz CT molecular complexity index is 412. The summed E-state index contributed by atoms with van der Waals surface area (Å²) in [5.74, 6) is -0.398. The summed E-state index contributed by atoms with van der Waals surface area (Å²) in [5.41, 5.74) is 0. The lowest BCUT2D eigenvalue weighted by Crippen LogP contribution is -2.02. The zero-order valence-electron chi connectivity index (χ0n) is 17.7. The Morgan fingerprint density at radius 2 is 0.786 bits per heavy atom. The van der Waals surface area contributed by atoms with Gasteiger partial charge in [-0.1, -0.05) is 76.4 Å². The Balaban J connectivity index is 2.22. The Hall–Kier alpha value is -1.58. The molecular weight excluding hydrogens is 352 g/mol. The number of esters is 2. The molecule has 0 radical (unpaired) electrons. The minimum Gasteiger partial charge on any atom is -0.463 e. The number of hydrogen-bond donors (Lipinski definition) is 0. The van der Waals surface area contributed by atoms with Gasteiger partial charge in [-0.05, 0) is 38.5 Å². The highest BCUT2D eigenvalue weighted by Gasteiger charge is 1.99. The van der Waals surface area contributed by atoms with Gasteiger partial charge in [-0.2, -0.15) is 0 Å². The lowest BCUT2D eigenvalue weighted by Gasteiger charge is -2.04. The first-order chi connectivity index (χ1) is 13.8. The fourth-order valence-corrected chi connectivity index (χ4v) is 3.30. The van der Waals surface area contributed by atoms with Crippen LogP contribution in [0.4, 0.5) is 0 Å². The van der Waals surface area contributed by atoms with Crippen molar-refractivity contribution in [2.75, 3.05) is 13.2 Å². The number of allylic oxidation sites excluding steroid dienone is 2. The van der Waals surface area contributed by atoms with Crippen LogP contribution in [0.25, 0.3) is 0 Å². The van der Waals surface area contributed by atoms with Gasteiger partial charge in [0.25, 0.3) is 0 Å². The Labute approximate surface area is 171 Å². The highest BCUT2D eigenvalue weighted by Crippen LogP contribution is 2.11. The molecule has 0 amide bonds. The van der Waals surface area contributed by atoms with E-state index in [0.717, 1.165) is 51.4 Å². The van der Waals surface area contributed by atoms with Gasteiger partial charge in [-0.3, -0.25) is 0 Å². The first kappa shape index (κ1) is 24.5. The van der Waals surface area contributed by atoms with Crippen LogP contribution in [0.2, 0.25) is 0 Å². The van der Waals surface area contributed by atoms with Crippen LogP contribution in [-0.4, -0.2) is 25.2 Å². The van der Waals surface area contributed by atoms with Crippen LogP contribution in [0.1, 0.15) is 103 Å². The molecule has 4 nitrogen and oxygen atoms in total. The summed E-state index contributed by atoms with van der Waals surface area (Å²) in [6, 6.07) is 0. The molecule has 0 spiro atoms. The quantitative estimate of drug-likeness (QED) is 0.445. The number of ether oxygens (including phenoxy) is 2. The molecule has 1 aliphatic rings. The van der Waals surface area contributed by atoms with Crippen molar-refractivity contribution in [2.45, 2.75) is 103 Å². The van der Waals surface area contributed by atoms with Crippen molar-refractivity contribution >= 4 is 11.9 Å². The van der Waals surface area contributed by atoms with Gasteiger partial charge in [0.1, 0.15) is 0 Å². The summed E-state index contributed by atoms with van der Waals surface area (Å²) in [5, 5.41) is 0. The lowest BCUT2D eigenvalue weighted by atomic mass is 10.1. The van der Waals surface area contributed by atoms with Gasteiger partial charge in [0.15, 0.2) is 0 Å². The molecule has 0 fully saturated rings. The molecule has 0 saturated heterocycles. The van der Waals surface area contributed by atoms with Gasteiger partial charge in [-0.25, -0.2) is 9.59 Å². The third kappa shape index (κ3) is 16.6. The van der Waals surface area contributed by atoms with E-state index in [1.807, 2.05) is 12.2 Å². The van der Waals surface area contributed by atoms with E-state index in [-0.39, 0.29) is 11.9 Å². The Kier molecular flexibility index (Phi) is 16.4. The van der Waals surface area contributed by atoms with Crippen molar-refractivity contribution in [3.8, 4) is 0 Å². The van der Waals surface area contributed by atoms with E-state index in [4.69, 9.17) is 9.47 Å². The fourth-order valence-electron chi connectivity index (χ4n) is 3.30. The van der Waals surface area contributed by atoms with Crippen molar-refractivity contribution in [2.24, 2.45) is 0 Å². The number of carbonyl (C=O) groups is 2. The van der Waals surface area contributed by atoms with E-state index in [9.17, 15) is 9.59 Å². The molecule has 0 aromatic heterocycles. The van der Waals surface area contributed by atoms with E-state index in [1.54, 1.807) is 12.2 Å². The lowest BCUT2D eigenvalue weighted by molar-refractivity contribution is -0.138. The molecule has 4 heteroatoms. The van der Waals surface area contributed by atoms with Crippen LogP contribution in [0, 0.1) is 0 Å². The number of cyclic esters (lactones) is 2. The van der Waals surface area contributed by atoms with Crippen LogP contribution in [0.15, 0.2) is 24.3 Å². The smallest absolute Gasteiger partial charge is 0.330 e. The summed E-state index contributed by atoms with van der Waals surface area (Å²) in [6.07, 6.45) is 25.0. The van der Waals surface area contributed by atoms with E-state index in [0.29, 0.717) is 13.2 Å². The van der Waals surface area contributed by atoms with Crippen LogP contribution in [-0.2, 0) is 19.1 Å². The van der Waals surface area contributed by atoms with Crippen molar-refractivity contribution in [1.29, 1.82) is 0 Å². The SMILES string of the molecule is O=C1/C=C/CCCCCCCCCOC(=O)/C=C/CCCCCCCCCO1. The first-order valence-electron chi connectivity index (χ1n) is 11.5. The standard InChI is InChI=1S/C24H40O4/c25-23-19-15-11-7-3-1-5-9-13-17-21-27-24(26)20-16-12-8-4-2-6-10-14-18-22-28-23/h15-16,19-20H,1-14,17-18,21-22H2/b19-15+,20-16+. The highest BCUT2D eigenvalue weighted by molar-refractivity contribution is 5.82. The van der Waals surface area contributed by atoms with Crippen molar-refractivity contribution < 1.29 is 19.1 Å². The molecule has 1 heterocycles. The molecule has 0 aromatic rings. The molecule has 0 aliphatic carbocycles. The van der Waals surface area contributed by atoms with E-state index < -0.39 is 0 Å². The van der Waals surface area contributed by atoms with Crippen LogP contribution < -0.4 is 0 Å². The van der Waals surface area contributed by atoms with Crippen LogP contribution >= 0.6 is 0 Å². The molecular formula is C24H40O4. The molecule has 0 atom stereocenters. The topological polar surface area (TPSA) is 52.6 Å². The molecule has 0 unspecified atom stereocenters. The molecule has 160 valence electrons. The molecule has 0 saturated carbocycles. The van der Waals surface area contributed by atoms with E-state index >= 15 is 0 Å². The van der Waals surface area contributed by atoms with E-state index in [1.165, 1.54) is 51.4 Å². The van der Waals surface area contributed by atoms with Gasteiger partial charge in [0, 0.05) is 12.2 Å². The summed E-state index contributed by atoms with van der Waals surface area (Å²) in [6.45, 7) is 1.06. The van der Waals surface area contributed by atoms with Gasteiger partial charge < -0.3 is 9.47 Å². The minimum atomic E-state index is -0.199. The maximum Gasteiger partial charge on any atom is 0.330 e. The maximum absolute atomic E-state index is 11.6. The third-order valence-corrected chi connectivity index (χ3v) is 5.03. The molecule has 0 aromatic carbocycles. The number of carbonyl (C=O) groups excluding carboxylic acids is 2. The average Bonchev–Trinajstić information content (AvgIpc) is 2.69. The van der Waals surface area contributed by atoms with Gasteiger partial charge >= 0.3 is 11.9 Å². The summed E-state index contributed by atoms with van der Waals surface area (Å²) >= 11 is 0. The van der Waals surface area contributed by atoms with Crippen LogP contribution in [0.3, 0.4) is 0 Å². The second-order valence-corrected chi connectivity index (χ2v) is 7.67. The largest absolute Gasteiger partial charge is 0.463 e. The third-order valence-electron chi connectivity index (χ3n) is 5.03. The molecule has 28 heavy (non-hydrogen) atoms. The van der Waals surface area contributed by atoms with Crippen molar-refractivity contribution in [1.82, 2.24) is 0 Å². The maximum atomic E-state index is 11.6. The van der Waals surface area contributed by atoms with Gasteiger partial charge in [0.05, 0.1) is 13.2 Å². The summed E-state index contributed by atoms with van der Waals surface area (Å²) in [4.78, 5) is 23.2. The molecule has 1 rings (SSSR count). The van der Waals surface area contributed by atoms with Crippen molar-refractivity contribution in [3.63, 3.8) is 0 Å². The molecule has 1 aliphatic heterocycles. The van der Waals surface area contributed by atoms with E-state index in [2.05, 4.69) is 0 Å². The normalized spacial score (nSPS) is 23.9. The fraction of sp³-hybridized carbons (Fsp3) is 0.750. The molecule has 0 bridgehead atoms. The predicted octanol–water partition coefficient (Wildman–Crippen LogP) is 6.44. The Morgan fingerprint density at radius 3 is 1.18 bits per heavy atom.